The van der Waals surface area contributed by atoms with E-state index in [1.807, 2.05) is 6.07 Å². The Labute approximate surface area is 166 Å². The van der Waals surface area contributed by atoms with Crippen LogP contribution in [0.1, 0.15) is 49.2 Å². The molecule has 8 heteroatoms. The van der Waals surface area contributed by atoms with Crippen LogP contribution in [0.25, 0.3) is 0 Å². The molecule has 0 spiro atoms. The van der Waals surface area contributed by atoms with Crippen LogP contribution in [0.2, 0.25) is 0 Å². The van der Waals surface area contributed by atoms with Gasteiger partial charge < -0.3 is 19.3 Å². The maximum Gasteiger partial charge on any atom is 0.214 e. The fourth-order valence-electron chi connectivity index (χ4n) is 4.69. The van der Waals surface area contributed by atoms with Gasteiger partial charge in [-0.25, -0.2) is 4.68 Å². The van der Waals surface area contributed by atoms with Crippen LogP contribution in [0.5, 0.6) is 11.5 Å². The summed E-state index contributed by atoms with van der Waals surface area (Å²) < 4.78 is 13.1. The van der Waals surface area contributed by atoms with E-state index in [0.717, 1.165) is 43.5 Å². The molecule has 28 heavy (non-hydrogen) atoms. The first-order valence-electron chi connectivity index (χ1n) is 10.4. The molecule has 2 N–H and O–H groups in total. The number of methoxy groups -OCH3 is 2. The average molecular weight is 389 g/mol. The lowest BCUT2D eigenvalue weighted by molar-refractivity contribution is -1.02. The Hall–Kier alpha value is -2.19. The third kappa shape index (κ3) is 3.71. The summed E-state index contributed by atoms with van der Waals surface area (Å²) in [5, 5.41) is 13.0. The standard InChI is InChI=1S/C20H30N6O2/c1-24-10-12-25(13-11-24)19(15-8-9-17(27-2)18(14-15)28-3)20-21-22-23-26(20)16-6-4-5-7-16/h8-9,14,16,19H,4-7,10-13H2,1-3H3/p+2/t19-/m0/s1. The van der Waals surface area contributed by atoms with Gasteiger partial charge in [-0.3, -0.25) is 0 Å². The summed E-state index contributed by atoms with van der Waals surface area (Å²) in [5.41, 5.74) is 1.18. The molecule has 1 aromatic carbocycles. The minimum atomic E-state index is 0.100. The molecule has 1 saturated heterocycles. The molecule has 8 nitrogen and oxygen atoms in total. The first kappa shape index (κ1) is 19.1. The highest BCUT2D eigenvalue weighted by Gasteiger charge is 2.37. The lowest BCUT2D eigenvalue weighted by Gasteiger charge is -2.33. The Morgan fingerprint density at radius 2 is 1.75 bits per heavy atom. The Morgan fingerprint density at radius 3 is 2.43 bits per heavy atom. The van der Waals surface area contributed by atoms with Crippen molar-refractivity contribution >= 4 is 0 Å². The van der Waals surface area contributed by atoms with Crippen molar-refractivity contribution in [3.63, 3.8) is 0 Å². The van der Waals surface area contributed by atoms with Crippen molar-refractivity contribution in [2.24, 2.45) is 0 Å². The summed E-state index contributed by atoms with van der Waals surface area (Å²) >= 11 is 0. The second-order valence-electron chi connectivity index (χ2n) is 8.08. The maximum atomic E-state index is 5.58. The van der Waals surface area contributed by atoms with Crippen molar-refractivity contribution in [1.82, 2.24) is 20.2 Å². The van der Waals surface area contributed by atoms with E-state index in [4.69, 9.17) is 9.47 Å². The summed E-state index contributed by atoms with van der Waals surface area (Å²) in [6.45, 7) is 4.51. The summed E-state index contributed by atoms with van der Waals surface area (Å²) in [6, 6.07) is 6.74. The lowest BCUT2D eigenvalue weighted by Crippen LogP contribution is -3.27. The van der Waals surface area contributed by atoms with Crippen LogP contribution in [0.3, 0.4) is 0 Å². The minimum Gasteiger partial charge on any atom is -0.493 e. The molecule has 1 aliphatic heterocycles. The second kappa shape index (κ2) is 8.45. The predicted molar refractivity (Wildman–Crippen MR) is 104 cm³/mol. The molecule has 2 fully saturated rings. The number of ether oxygens (including phenoxy) is 2. The Bertz CT molecular complexity index is 781. The van der Waals surface area contributed by atoms with Gasteiger partial charge >= 0.3 is 0 Å². The number of piperazine rings is 1. The molecular weight excluding hydrogens is 356 g/mol. The minimum absolute atomic E-state index is 0.100. The fourth-order valence-corrected chi connectivity index (χ4v) is 4.69. The van der Waals surface area contributed by atoms with E-state index < -0.39 is 0 Å². The molecule has 0 unspecified atom stereocenters. The number of hydrogen-bond donors (Lipinski definition) is 2. The van der Waals surface area contributed by atoms with Crippen molar-refractivity contribution in [1.29, 1.82) is 0 Å². The molecule has 1 atom stereocenters. The first-order valence-corrected chi connectivity index (χ1v) is 10.4. The highest BCUT2D eigenvalue weighted by atomic mass is 16.5. The zero-order valence-electron chi connectivity index (χ0n) is 17.1. The van der Waals surface area contributed by atoms with Crippen molar-refractivity contribution in [3.8, 4) is 11.5 Å². The Morgan fingerprint density at radius 1 is 1.04 bits per heavy atom. The van der Waals surface area contributed by atoms with E-state index in [1.54, 1.807) is 19.1 Å². The molecule has 1 saturated carbocycles. The molecular formula is C20H32N6O2+2. The monoisotopic (exact) mass is 388 g/mol. The van der Waals surface area contributed by atoms with Crippen LogP contribution in [-0.2, 0) is 0 Å². The molecule has 1 aromatic heterocycles. The van der Waals surface area contributed by atoms with Crippen LogP contribution in [0.4, 0.5) is 0 Å². The molecule has 0 bridgehead atoms. The van der Waals surface area contributed by atoms with Crippen molar-refractivity contribution in [2.75, 3.05) is 47.4 Å². The van der Waals surface area contributed by atoms with Gasteiger partial charge in [-0.2, -0.15) is 0 Å². The maximum absolute atomic E-state index is 5.58. The second-order valence-corrected chi connectivity index (χ2v) is 8.08. The molecule has 2 aromatic rings. The average Bonchev–Trinajstić information content (AvgIpc) is 3.41. The molecule has 4 rings (SSSR count). The zero-order chi connectivity index (χ0) is 19.5. The number of rotatable bonds is 6. The number of likely N-dealkylation sites (N-methyl/N-ethyl adjacent to an activating group) is 1. The van der Waals surface area contributed by atoms with Gasteiger partial charge in [0, 0.05) is 5.56 Å². The lowest BCUT2D eigenvalue weighted by atomic mass is 10.0. The topological polar surface area (TPSA) is 70.9 Å². The van der Waals surface area contributed by atoms with E-state index in [2.05, 4.69) is 39.4 Å². The quantitative estimate of drug-likeness (QED) is 0.685. The Balaban J connectivity index is 1.74. The van der Waals surface area contributed by atoms with E-state index in [1.165, 1.54) is 36.1 Å². The van der Waals surface area contributed by atoms with Gasteiger partial charge in [0.1, 0.15) is 26.2 Å². The zero-order valence-corrected chi connectivity index (χ0v) is 17.1. The highest BCUT2D eigenvalue weighted by Crippen LogP contribution is 2.33. The van der Waals surface area contributed by atoms with Gasteiger partial charge in [-0.1, -0.05) is 12.8 Å². The van der Waals surface area contributed by atoms with Crippen LogP contribution in [0.15, 0.2) is 18.2 Å². The van der Waals surface area contributed by atoms with Crippen LogP contribution in [-0.4, -0.2) is 67.7 Å². The van der Waals surface area contributed by atoms with Crippen LogP contribution in [0, 0.1) is 0 Å². The number of tetrazole rings is 1. The van der Waals surface area contributed by atoms with Crippen molar-refractivity contribution < 1.29 is 19.3 Å². The SMILES string of the molecule is COc1ccc([C@@H](c2nnnn2C2CCCC2)[NH+]2CC[NH+](C)CC2)cc1OC. The first-order chi connectivity index (χ1) is 13.7. The third-order valence-corrected chi connectivity index (χ3v) is 6.34. The van der Waals surface area contributed by atoms with Gasteiger partial charge in [0.25, 0.3) is 0 Å². The van der Waals surface area contributed by atoms with E-state index in [-0.39, 0.29) is 6.04 Å². The predicted octanol–water partition coefficient (Wildman–Crippen LogP) is -0.692. The number of quaternary nitrogens is 2. The summed E-state index contributed by atoms with van der Waals surface area (Å²) in [6.07, 6.45) is 4.85. The number of benzene rings is 1. The molecule has 0 radical (unpaired) electrons. The molecule has 2 heterocycles. The Kier molecular flexibility index (Phi) is 5.77. The number of nitrogens with zero attached hydrogens (tertiary/aromatic N) is 4. The number of nitrogens with one attached hydrogen (secondary N) is 2. The van der Waals surface area contributed by atoms with Crippen LogP contribution < -0.4 is 19.3 Å². The number of hydrogen-bond acceptors (Lipinski definition) is 5. The summed E-state index contributed by atoms with van der Waals surface area (Å²) in [5.74, 6) is 2.48. The molecule has 2 aliphatic rings. The van der Waals surface area contributed by atoms with Gasteiger partial charge in [0.2, 0.25) is 5.82 Å². The number of aromatic nitrogens is 4. The van der Waals surface area contributed by atoms with E-state index in [0.29, 0.717) is 6.04 Å². The van der Waals surface area contributed by atoms with Crippen molar-refractivity contribution in [3.05, 3.63) is 29.6 Å². The van der Waals surface area contributed by atoms with E-state index >= 15 is 0 Å². The van der Waals surface area contributed by atoms with Gasteiger partial charge in [-0.05, 0) is 41.5 Å². The third-order valence-electron chi connectivity index (χ3n) is 6.34. The summed E-state index contributed by atoms with van der Waals surface area (Å²) in [4.78, 5) is 3.11. The summed E-state index contributed by atoms with van der Waals surface area (Å²) in [7, 11) is 5.63. The largest absolute Gasteiger partial charge is 0.493 e. The van der Waals surface area contributed by atoms with Gasteiger partial charge in [-0.15, -0.1) is 5.10 Å². The smallest absolute Gasteiger partial charge is 0.214 e. The van der Waals surface area contributed by atoms with Crippen molar-refractivity contribution in [2.45, 2.75) is 37.8 Å². The molecule has 0 amide bonds. The fraction of sp³-hybridized carbons (Fsp3) is 0.650. The normalized spacial score (nSPS) is 24.2. The molecule has 1 aliphatic carbocycles. The highest BCUT2D eigenvalue weighted by molar-refractivity contribution is 5.44. The molecule has 152 valence electrons. The van der Waals surface area contributed by atoms with E-state index in [9.17, 15) is 0 Å². The van der Waals surface area contributed by atoms with Gasteiger partial charge in [0.05, 0.1) is 27.3 Å². The van der Waals surface area contributed by atoms with Crippen LogP contribution >= 0.6 is 0 Å². The van der Waals surface area contributed by atoms with Gasteiger partial charge in [0.15, 0.2) is 17.5 Å².